The predicted molar refractivity (Wildman–Crippen MR) is 100 cm³/mol. The van der Waals surface area contributed by atoms with Crippen molar-refractivity contribution in [2.75, 3.05) is 16.4 Å². The SMILES string of the molecule is Cc1ccc(Nc2ncnc(Nc3ccc(C)c(C)c3)c2N)cc1. The van der Waals surface area contributed by atoms with E-state index in [4.69, 9.17) is 5.73 Å². The Labute approximate surface area is 142 Å². The molecule has 3 aromatic rings. The first-order valence-corrected chi connectivity index (χ1v) is 7.81. The zero-order chi connectivity index (χ0) is 17.1. The fourth-order valence-corrected chi connectivity index (χ4v) is 2.32. The van der Waals surface area contributed by atoms with E-state index in [0.717, 1.165) is 11.4 Å². The summed E-state index contributed by atoms with van der Waals surface area (Å²) < 4.78 is 0. The van der Waals surface area contributed by atoms with Gasteiger partial charge in [0.15, 0.2) is 11.6 Å². The second-order valence-electron chi connectivity index (χ2n) is 5.90. The third kappa shape index (κ3) is 3.46. The van der Waals surface area contributed by atoms with Crippen LogP contribution in [0.25, 0.3) is 0 Å². The van der Waals surface area contributed by atoms with Crippen LogP contribution in [0.2, 0.25) is 0 Å². The summed E-state index contributed by atoms with van der Waals surface area (Å²) >= 11 is 0. The van der Waals surface area contributed by atoms with Gasteiger partial charge in [-0.3, -0.25) is 0 Å². The second-order valence-corrected chi connectivity index (χ2v) is 5.90. The zero-order valence-corrected chi connectivity index (χ0v) is 14.1. The van der Waals surface area contributed by atoms with E-state index in [2.05, 4.69) is 53.5 Å². The molecule has 0 bridgehead atoms. The molecule has 0 saturated carbocycles. The van der Waals surface area contributed by atoms with Crippen LogP contribution in [0.1, 0.15) is 16.7 Å². The molecule has 5 heteroatoms. The molecule has 3 rings (SSSR count). The lowest BCUT2D eigenvalue weighted by Gasteiger charge is -2.13. The van der Waals surface area contributed by atoms with Crippen molar-refractivity contribution in [1.82, 2.24) is 9.97 Å². The summed E-state index contributed by atoms with van der Waals surface area (Å²) in [5, 5.41) is 6.49. The van der Waals surface area contributed by atoms with Crippen molar-refractivity contribution in [3.63, 3.8) is 0 Å². The summed E-state index contributed by atoms with van der Waals surface area (Å²) in [4.78, 5) is 8.50. The first kappa shape index (κ1) is 15.8. The fraction of sp³-hybridized carbons (Fsp3) is 0.158. The average Bonchev–Trinajstić information content (AvgIpc) is 2.57. The molecule has 0 fully saturated rings. The number of aromatic nitrogens is 2. The van der Waals surface area contributed by atoms with E-state index in [1.165, 1.54) is 23.0 Å². The number of nitrogens with two attached hydrogens (primary N) is 1. The molecule has 0 spiro atoms. The van der Waals surface area contributed by atoms with Gasteiger partial charge in [0.2, 0.25) is 0 Å². The van der Waals surface area contributed by atoms with E-state index in [9.17, 15) is 0 Å². The average molecular weight is 319 g/mol. The Balaban J connectivity index is 1.84. The quantitative estimate of drug-likeness (QED) is 0.661. The predicted octanol–water partition coefficient (Wildman–Crippen LogP) is 4.47. The van der Waals surface area contributed by atoms with Crippen LogP contribution in [0, 0.1) is 20.8 Å². The van der Waals surface area contributed by atoms with E-state index in [1.807, 2.05) is 30.3 Å². The minimum absolute atomic E-state index is 0.483. The third-order valence-corrected chi connectivity index (χ3v) is 3.97. The Morgan fingerprint density at radius 2 is 1.33 bits per heavy atom. The second kappa shape index (κ2) is 6.58. The monoisotopic (exact) mass is 319 g/mol. The van der Waals surface area contributed by atoms with Gasteiger partial charge in [0, 0.05) is 11.4 Å². The Hall–Kier alpha value is -3.08. The highest BCUT2D eigenvalue weighted by molar-refractivity contribution is 5.80. The minimum atomic E-state index is 0.483. The number of rotatable bonds is 4. The molecule has 0 aliphatic rings. The molecule has 0 aliphatic carbocycles. The van der Waals surface area contributed by atoms with E-state index in [-0.39, 0.29) is 0 Å². The Morgan fingerprint density at radius 3 is 1.96 bits per heavy atom. The maximum atomic E-state index is 6.23. The van der Waals surface area contributed by atoms with Crippen LogP contribution in [0.5, 0.6) is 0 Å². The number of benzene rings is 2. The molecule has 1 heterocycles. The first-order chi connectivity index (χ1) is 11.5. The topological polar surface area (TPSA) is 75.9 Å². The van der Waals surface area contributed by atoms with Crippen LogP contribution in [-0.4, -0.2) is 9.97 Å². The van der Waals surface area contributed by atoms with E-state index in [1.54, 1.807) is 0 Å². The van der Waals surface area contributed by atoms with Gasteiger partial charge in [0.1, 0.15) is 12.0 Å². The Morgan fingerprint density at radius 1 is 0.750 bits per heavy atom. The highest BCUT2D eigenvalue weighted by Crippen LogP contribution is 2.28. The van der Waals surface area contributed by atoms with Crippen molar-refractivity contribution < 1.29 is 0 Å². The van der Waals surface area contributed by atoms with Crippen molar-refractivity contribution in [1.29, 1.82) is 0 Å². The molecule has 122 valence electrons. The number of hydrogen-bond acceptors (Lipinski definition) is 5. The van der Waals surface area contributed by atoms with Crippen LogP contribution in [0.4, 0.5) is 28.7 Å². The Bertz CT molecular complexity index is 856. The lowest BCUT2D eigenvalue weighted by molar-refractivity contribution is 1.17. The summed E-state index contributed by atoms with van der Waals surface area (Å²) in [6, 6.07) is 14.2. The van der Waals surface area contributed by atoms with E-state index in [0.29, 0.717) is 17.3 Å². The highest BCUT2D eigenvalue weighted by Gasteiger charge is 2.09. The summed E-state index contributed by atoms with van der Waals surface area (Å²) in [5.74, 6) is 1.17. The zero-order valence-electron chi connectivity index (χ0n) is 14.1. The summed E-state index contributed by atoms with van der Waals surface area (Å²) in [6.07, 6.45) is 1.50. The molecule has 4 N–H and O–H groups in total. The van der Waals surface area contributed by atoms with Gasteiger partial charge in [-0.25, -0.2) is 9.97 Å². The number of nitrogens with one attached hydrogen (secondary N) is 2. The number of hydrogen-bond donors (Lipinski definition) is 3. The highest BCUT2D eigenvalue weighted by atomic mass is 15.1. The third-order valence-electron chi connectivity index (χ3n) is 3.97. The van der Waals surface area contributed by atoms with Gasteiger partial charge in [-0.05, 0) is 56.2 Å². The first-order valence-electron chi connectivity index (χ1n) is 7.81. The van der Waals surface area contributed by atoms with Crippen molar-refractivity contribution in [2.45, 2.75) is 20.8 Å². The van der Waals surface area contributed by atoms with Crippen molar-refractivity contribution in [3.05, 3.63) is 65.5 Å². The smallest absolute Gasteiger partial charge is 0.159 e. The summed E-state index contributed by atoms with van der Waals surface area (Å²) in [6.45, 7) is 6.21. The van der Waals surface area contributed by atoms with Gasteiger partial charge in [-0.2, -0.15) is 0 Å². The standard InChI is InChI=1S/C19H21N5/c1-12-4-7-15(8-5-12)23-18-17(20)19(22-11-21-18)24-16-9-6-13(2)14(3)10-16/h4-11H,20H2,1-3H3,(H2,21,22,23,24). The number of aryl methyl sites for hydroxylation is 3. The van der Waals surface area contributed by atoms with Crippen LogP contribution < -0.4 is 16.4 Å². The van der Waals surface area contributed by atoms with Gasteiger partial charge in [-0.1, -0.05) is 23.8 Å². The number of nitrogen functional groups attached to an aromatic ring is 1. The number of nitrogens with zero attached hydrogens (tertiary/aromatic N) is 2. The molecule has 5 nitrogen and oxygen atoms in total. The maximum absolute atomic E-state index is 6.23. The van der Waals surface area contributed by atoms with Crippen molar-refractivity contribution >= 4 is 28.7 Å². The molecule has 0 saturated heterocycles. The molecule has 2 aromatic carbocycles. The normalized spacial score (nSPS) is 10.5. The molecule has 0 aliphatic heterocycles. The van der Waals surface area contributed by atoms with Crippen LogP contribution >= 0.6 is 0 Å². The van der Waals surface area contributed by atoms with Gasteiger partial charge < -0.3 is 16.4 Å². The molecule has 0 atom stereocenters. The molecule has 1 aromatic heterocycles. The lowest BCUT2D eigenvalue weighted by Crippen LogP contribution is -2.05. The van der Waals surface area contributed by atoms with Crippen LogP contribution in [0.15, 0.2) is 48.8 Å². The van der Waals surface area contributed by atoms with Crippen molar-refractivity contribution in [3.8, 4) is 0 Å². The summed E-state index contributed by atoms with van der Waals surface area (Å²) in [5.41, 5.74) is 12.3. The molecule has 0 amide bonds. The van der Waals surface area contributed by atoms with Crippen molar-refractivity contribution in [2.24, 2.45) is 0 Å². The largest absolute Gasteiger partial charge is 0.393 e. The summed E-state index contributed by atoms with van der Waals surface area (Å²) in [7, 11) is 0. The molecule has 0 unspecified atom stereocenters. The van der Waals surface area contributed by atoms with Gasteiger partial charge in [0.05, 0.1) is 0 Å². The van der Waals surface area contributed by atoms with E-state index >= 15 is 0 Å². The lowest BCUT2D eigenvalue weighted by atomic mass is 10.1. The maximum Gasteiger partial charge on any atom is 0.159 e. The Kier molecular flexibility index (Phi) is 4.33. The van der Waals surface area contributed by atoms with Gasteiger partial charge in [-0.15, -0.1) is 0 Å². The minimum Gasteiger partial charge on any atom is -0.393 e. The van der Waals surface area contributed by atoms with Gasteiger partial charge >= 0.3 is 0 Å². The molecular weight excluding hydrogens is 298 g/mol. The molecular formula is C19H21N5. The van der Waals surface area contributed by atoms with Crippen LogP contribution in [-0.2, 0) is 0 Å². The fourth-order valence-electron chi connectivity index (χ4n) is 2.32. The van der Waals surface area contributed by atoms with Crippen LogP contribution in [0.3, 0.4) is 0 Å². The number of anilines is 5. The van der Waals surface area contributed by atoms with Gasteiger partial charge in [0.25, 0.3) is 0 Å². The van der Waals surface area contributed by atoms with E-state index < -0.39 is 0 Å². The molecule has 24 heavy (non-hydrogen) atoms. The molecule has 0 radical (unpaired) electrons.